The Bertz CT molecular complexity index is 867. The molecule has 2 fully saturated rings. The molecule has 2 atom stereocenters. The van der Waals surface area contributed by atoms with Gasteiger partial charge in [0.1, 0.15) is 0 Å². The second kappa shape index (κ2) is 6.91. The summed E-state index contributed by atoms with van der Waals surface area (Å²) in [7, 11) is -2.18. The van der Waals surface area contributed by atoms with Crippen molar-refractivity contribution in [1.29, 1.82) is 0 Å². The Labute approximate surface area is 160 Å². The van der Waals surface area contributed by atoms with Crippen LogP contribution in [0.2, 0.25) is 0 Å². The third kappa shape index (κ3) is 3.25. The molecule has 1 aromatic rings. The molecule has 8 heteroatoms. The predicted octanol–water partition coefficient (Wildman–Crippen LogP) is 2.04. The largest absolute Gasteiger partial charge is 0.481 e. The van der Waals surface area contributed by atoms with E-state index in [4.69, 9.17) is 0 Å². The van der Waals surface area contributed by atoms with E-state index >= 15 is 0 Å². The topological polar surface area (TPSA) is 95.0 Å². The number of carboxylic acids is 1. The first-order valence-corrected chi connectivity index (χ1v) is 10.6. The summed E-state index contributed by atoms with van der Waals surface area (Å²) in [4.78, 5) is 26.4. The Hall–Kier alpha value is -1.93. The van der Waals surface area contributed by atoms with E-state index in [9.17, 15) is 23.1 Å². The predicted molar refractivity (Wildman–Crippen MR) is 99.8 cm³/mol. The fraction of sp³-hybridized carbons (Fsp3) is 0.579. The number of carbonyl (C=O) groups excluding carboxylic acids is 1. The number of hydrogen-bond acceptors (Lipinski definition) is 4. The van der Waals surface area contributed by atoms with Crippen molar-refractivity contribution in [2.24, 2.45) is 11.3 Å². The van der Waals surface area contributed by atoms with Gasteiger partial charge in [-0.1, -0.05) is 12.5 Å². The van der Waals surface area contributed by atoms with Gasteiger partial charge in [0.2, 0.25) is 10.0 Å². The molecule has 1 aliphatic carbocycles. The van der Waals surface area contributed by atoms with Crippen LogP contribution in [0.3, 0.4) is 0 Å². The second-order valence-corrected chi connectivity index (χ2v) is 9.88. The molecule has 7 nitrogen and oxygen atoms in total. The fourth-order valence-corrected chi connectivity index (χ4v) is 5.62. The van der Waals surface area contributed by atoms with Gasteiger partial charge in [-0.2, -0.15) is 4.31 Å². The molecule has 1 saturated heterocycles. The van der Waals surface area contributed by atoms with E-state index in [1.807, 2.05) is 0 Å². The lowest BCUT2D eigenvalue weighted by molar-refractivity contribution is -0.149. The molecule has 2 aliphatic rings. The Morgan fingerprint density at radius 2 is 2.04 bits per heavy atom. The average molecular weight is 394 g/mol. The molecule has 1 N–H and O–H groups in total. The third-order valence-electron chi connectivity index (χ3n) is 6.07. The minimum Gasteiger partial charge on any atom is -0.481 e. The molecule has 0 bridgehead atoms. The van der Waals surface area contributed by atoms with Crippen molar-refractivity contribution < 1.29 is 23.1 Å². The molecule has 1 saturated carbocycles. The van der Waals surface area contributed by atoms with E-state index < -0.39 is 21.4 Å². The van der Waals surface area contributed by atoms with Crippen molar-refractivity contribution in [1.82, 2.24) is 9.21 Å². The van der Waals surface area contributed by atoms with Crippen LogP contribution in [0.5, 0.6) is 0 Å². The van der Waals surface area contributed by atoms with Gasteiger partial charge in [-0.05, 0) is 50.8 Å². The molecule has 1 aromatic carbocycles. The molecule has 0 spiro atoms. The zero-order chi connectivity index (χ0) is 20.0. The van der Waals surface area contributed by atoms with Gasteiger partial charge in [-0.3, -0.25) is 9.59 Å². The molecule has 1 amide bonds. The zero-order valence-electron chi connectivity index (χ0n) is 15.9. The number of fused-ring (bicyclic) bond motifs is 1. The molecule has 0 unspecified atom stereocenters. The first-order chi connectivity index (χ1) is 12.6. The summed E-state index contributed by atoms with van der Waals surface area (Å²) in [6, 6.07) is 5.79. The number of likely N-dealkylation sites (tertiary alicyclic amines) is 1. The zero-order valence-corrected chi connectivity index (χ0v) is 16.7. The number of amides is 1. The van der Waals surface area contributed by atoms with Crippen LogP contribution in [0, 0.1) is 11.3 Å². The highest BCUT2D eigenvalue weighted by atomic mass is 32.2. The Kier molecular flexibility index (Phi) is 5.07. The van der Waals surface area contributed by atoms with Gasteiger partial charge in [-0.15, -0.1) is 0 Å². The quantitative estimate of drug-likeness (QED) is 0.825. The molecular weight excluding hydrogens is 368 g/mol. The number of sulfonamides is 1. The van der Waals surface area contributed by atoms with Crippen LogP contribution in [-0.2, 0) is 14.8 Å². The van der Waals surface area contributed by atoms with Gasteiger partial charge in [-0.25, -0.2) is 8.42 Å². The molecule has 1 heterocycles. The lowest BCUT2D eigenvalue weighted by Gasteiger charge is -2.24. The SMILES string of the molecule is CC(C)N(C)S(=O)(=O)c1cccc(C(=O)N2C[C@@H]3CCC[C@@]3(C(=O)O)C2)c1. The minimum absolute atomic E-state index is 0.0297. The van der Waals surface area contributed by atoms with Crippen LogP contribution >= 0.6 is 0 Å². The van der Waals surface area contributed by atoms with Gasteiger partial charge in [0.15, 0.2) is 0 Å². The maximum Gasteiger partial charge on any atom is 0.311 e. The van der Waals surface area contributed by atoms with E-state index in [2.05, 4.69) is 0 Å². The van der Waals surface area contributed by atoms with Gasteiger partial charge in [0.05, 0.1) is 10.3 Å². The highest BCUT2D eigenvalue weighted by Crippen LogP contribution is 2.49. The maximum atomic E-state index is 13.0. The fourth-order valence-electron chi connectivity index (χ4n) is 4.21. The van der Waals surface area contributed by atoms with Crippen molar-refractivity contribution >= 4 is 21.9 Å². The van der Waals surface area contributed by atoms with Crippen LogP contribution < -0.4 is 0 Å². The van der Waals surface area contributed by atoms with E-state index in [0.717, 1.165) is 12.8 Å². The Balaban J connectivity index is 1.86. The Morgan fingerprint density at radius 3 is 2.63 bits per heavy atom. The van der Waals surface area contributed by atoms with Crippen LogP contribution in [0.1, 0.15) is 43.5 Å². The van der Waals surface area contributed by atoms with Gasteiger partial charge >= 0.3 is 5.97 Å². The summed E-state index contributed by atoms with van der Waals surface area (Å²) in [5, 5.41) is 9.69. The van der Waals surface area contributed by atoms with Crippen LogP contribution in [0.15, 0.2) is 29.2 Å². The van der Waals surface area contributed by atoms with E-state index in [-0.39, 0.29) is 34.9 Å². The van der Waals surface area contributed by atoms with Crippen molar-refractivity contribution in [3.63, 3.8) is 0 Å². The highest BCUT2D eigenvalue weighted by Gasteiger charge is 2.55. The number of carbonyl (C=O) groups is 2. The van der Waals surface area contributed by atoms with E-state index in [1.54, 1.807) is 30.9 Å². The average Bonchev–Trinajstić information content (AvgIpc) is 3.18. The van der Waals surface area contributed by atoms with Gasteiger partial charge in [0, 0.05) is 31.7 Å². The number of aliphatic carboxylic acids is 1. The van der Waals surface area contributed by atoms with Crippen molar-refractivity contribution in [3.8, 4) is 0 Å². The number of benzene rings is 1. The summed E-state index contributed by atoms with van der Waals surface area (Å²) >= 11 is 0. The summed E-state index contributed by atoms with van der Waals surface area (Å²) in [6.07, 6.45) is 2.27. The summed E-state index contributed by atoms with van der Waals surface area (Å²) in [6.45, 7) is 4.16. The molecule has 27 heavy (non-hydrogen) atoms. The second-order valence-electron chi connectivity index (χ2n) is 7.88. The van der Waals surface area contributed by atoms with Crippen LogP contribution in [-0.4, -0.2) is 60.8 Å². The molecule has 3 rings (SSSR count). The summed E-state index contributed by atoms with van der Waals surface area (Å²) in [5.74, 6) is -1.18. The molecule has 0 radical (unpaired) electrons. The first-order valence-electron chi connectivity index (χ1n) is 9.20. The summed E-state index contributed by atoms with van der Waals surface area (Å²) in [5.41, 5.74) is -0.578. The molecule has 148 valence electrons. The number of carboxylic acid groups (broad SMARTS) is 1. The monoisotopic (exact) mass is 394 g/mol. The first kappa shape index (κ1) is 19.8. The van der Waals surface area contributed by atoms with E-state index in [1.165, 1.54) is 23.5 Å². The Morgan fingerprint density at radius 1 is 1.33 bits per heavy atom. The van der Waals surface area contributed by atoms with Gasteiger partial charge in [0.25, 0.3) is 5.91 Å². The minimum atomic E-state index is -3.69. The number of nitrogens with zero attached hydrogens (tertiary/aromatic N) is 2. The van der Waals surface area contributed by atoms with Crippen LogP contribution in [0.4, 0.5) is 0 Å². The van der Waals surface area contributed by atoms with E-state index in [0.29, 0.717) is 13.0 Å². The number of hydrogen-bond donors (Lipinski definition) is 1. The third-order valence-corrected chi connectivity index (χ3v) is 8.10. The smallest absolute Gasteiger partial charge is 0.311 e. The van der Waals surface area contributed by atoms with Crippen molar-refractivity contribution in [2.45, 2.75) is 44.0 Å². The van der Waals surface area contributed by atoms with Gasteiger partial charge < -0.3 is 10.0 Å². The lowest BCUT2D eigenvalue weighted by atomic mass is 9.81. The van der Waals surface area contributed by atoms with Crippen LogP contribution in [0.25, 0.3) is 0 Å². The molecule has 1 aliphatic heterocycles. The van der Waals surface area contributed by atoms with Crippen molar-refractivity contribution in [3.05, 3.63) is 29.8 Å². The molecular formula is C19H26N2O5S. The highest BCUT2D eigenvalue weighted by molar-refractivity contribution is 7.89. The standard InChI is InChI=1S/C19H26N2O5S/c1-13(2)20(3)27(25,26)16-8-4-6-14(10-16)17(22)21-11-15-7-5-9-19(15,12-21)18(23)24/h4,6,8,10,13,15H,5,7,9,11-12H2,1-3H3,(H,23,24)/t15-,19+/m0/s1. The number of rotatable bonds is 5. The molecule has 0 aromatic heterocycles. The maximum absolute atomic E-state index is 13.0. The normalized spacial score (nSPS) is 25.2. The summed E-state index contributed by atoms with van der Waals surface area (Å²) < 4.78 is 26.6. The lowest BCUT2D eigenvalue weighted by Crippen LogP contribution is -2.37. The van der Waals surface area contributed by atoms with Crippen molar-refractivity contribution in [2.75, 3.05) is 20.1 Å².